The van der Waals surface area contributed by atoms with Crippen molar-refractivity contribution in [1.82, 2.24) is 19.7 Å². The number of benzene rings is 1. The zero-order chi connectivity index (χ0) is 19.4. The van der Waals surface area contributed by atoms with Crippen LogP contribution < -0.4 is 9.47 Å². The molecule has 1 amide bonds. The number of hydrogen-bond donors (Lipinski definition) is 0. The third kappa shape index (κ3) is 4.44. The third-order valence-corrected chi connectivity index (χ3v) is 5.19. The molecular weight excluding hydrogens is 364 g/mol. The molecule has 8 heteroatoms. The van der Waals surface area contributed by atoms with E-state index in [9.17, 15) is 4.79 Å². The highest BCUT2D eigenvalue weighted by atomic mass is 32.2. The molecule has 0 fully saturated rings. The molecule has 0 aliphatic carbocycles. The van der Waals surface area contributed by atoms with Crippen LogP contribution >= 0.6 is 11.8 Å². The fourth-order valence-electron chi connectivity index (χ4n) is 2.80. The Labute approximate surface area is 163 Å². The molecule has 1 aromatic heterocycles. The van der Waals surface area contributed by atoms with Crippen molar-refractivity contribution in [3.05, 3.63) is 42.2 Å². The molecule has 0 unspecified atom stereocenters. The summed E-state index contributed by atoms with van der Waals surface area (Å²) in [6.45, 7) is 9.36. The number of fused-ring (bicyclic) bond motifs is 1. The Morgan fingerprint density at radius 3 is 2.81 bits per heavy atom. The van der Waals surface area contributed by atoms with Gasteiger partial charge in [-0.05, 0) is 26.0 Å². The van der Waals surface area contributed by atoms with Gasteiger partial charge in [0.2, 0.25) is 5.91 Å². The zero-order valence-corrected chi connectivity index (χ0v) is 16.7. The predicted octanol–water partition coefficient (Wildman–Crippen LogP) is 2.84. The Hall–Kier alpha value is -2.48. The van der Waals surface area contributed by atoms with Crippen LogP contribution in [0.4, 0.5) is 0 Å². The van der Waals surface area contributed by atoms with Gasteiger partial charge in [0.1, 0.15) is 6.61 Å². The summed E-state index contributed by atoms with van der Waals surface area (Å²) in [5.74, 6) is 2.46. The molecular formula is C19H24N4O3S. The zero-order valence-electron chi connectivity index (χ0n) is 15.8. The fourth-order valence-corrected chi connectivity index (χ4v) is 3.62. The highest BCUT2D eigenvalue weighted by molar-refractivity contribution is 7.99. The number of para-hydroxylation sites is 2. The lowest BCUT2D eigenvalue weighted by Crippen LogP contribution is -2.33. The number of carbonyl (C=O) groups excluding carboxylic acids is 1. The lowest BCUT2D eigenvalue weighted by Gasteiger charge is -2.25. The largest absolute Gasteiger partial charge is 0.485 e. The molecule has 1 aliphatic heterocycles. The first-order valence-electron chi connectivity index (χ1n) is 8.82. The number of likely N-dealkylation sites (N-methyl/N-ethyl adjacent to an activating group) is 1. The highest BCUT2D eigenvalue weighted by Crippen LogP contribution is 2.35. The minimum absolute atomic E-state index is 0.0567. The fraction of sp³-hybridized carbons (Fsp3) is 0.421. The maximum atomic E-state index is 12.4. The summed E-state index contributed by atoms with van der Waals surface area (Å²) in [7, 11) is 1.87. The molecule has 3 rings (SSSR count). The molecule has 144 valence electrons. The van der Waals surface area contributed by atoms with E-state index in [1.54, 1.807) is 4.90 Å². The smallest absolute Gasteiger partial charge is 0.233 e. The number of carbonyl (C=O) groups is 1. The molecule has 0 saturated heterocycles. The first-order chi connectivity index (χ1) is 13.0. The molecule has 0 saturated carbocycles. The molecule has 2 aromatic rings. The van der Waals surface area contributed by atoms with Gasteiger partial charge in [-0.2, -0.15) is 0 Å². The molecule has 0 spiro atoms. The monoisotopic (exact) mass is 388 g/mol. The number of rotatable bonds is 7. The van der Waals surface area contributed by atoms with Gasteiger partial charge in [0, 0.05) is 20.1 Å². The number of hydrogen-bond acceptors (Lipinski definition) is 6. The molecule has 7 nitrogen and oxygen atoms in total. The van der Waals surface area contributed by atoms with E-state index in [0.29, 0.717) is 42.2 Å². The lowest BCUT2D eigenvalue weighted by molar-refractivity contribution is -0.127. The molecule has 0 bridgehead atoms. The van der Waals surface area contributed by atoms with Crippen molar-refractivity contribution < 1.29 is 14.3 Å². The van der Waals surface area contributed by atoms with E-state index in [1.165, 1.54) is 11.8 Å². The molecule has 27 heavy (non-hydrogen) atoms. The first kappa shape index (κ1) is 19.3. The van der Waals surface area contributed by atoms with Crippen LogP contribution in [-0.2, 0) is 11.8 Å². The first-order valence-corrected chi connectivity index (χ1v) is 9.80. The van der Waals surface area contributed by atoms with E-state index in [4.69, 9.17) is 9.47 Å². The van der Waals surface area contributed by atoms with Crippen molar-refractivity contribution in [3.63, 3.8) is 0 Å². The standard InChI is InChI=1S/C19H24N4O3S/c1-5-23(10-13(2)3)17(24)12-27-19-21-20-18(22(19)4)16-11-25-14-8-6-7-9-15(14)26-16/h6-9,16H,2,5,10-12H2,1,3-4H3/t16-/m0/s1. The number of thioether (sulfide) groups is 1. The summed E-state index contributed by atoms with van der Waals surface area (Å²) < 4.78 is 13.6. The van der Waals surface area contributed by atoms with Crippen LogP contribution in [0.2, 0.25) is 0 Å². The Morgan fingerprint density at radius 1 is 1.37 bits per heavy atom. The third-order valence-electron chi connectivity index (χ3n) is 4.19. The van der Waals surface area contributed by atoms with E-state index < -0.39 is 0 Å². The van der Waals surface area contributed by atoms with Crippen LogP contribution in [0.1, 0.15) is 25.8 Å². The minimum atomic E-state index is -0.335. The number of aromatic nitrogens is 3. The van der Waals surface area contributed by atoms with Crippen molar-refractivity contribution in [2.24, 2.45) is 7.05 Å². The normalized spacial score (nSPS) is 15.4. The number of amides is 1. The summed E-state index contributed by atoms with van der Waals surface area (Å²) in [5.41, 5.74) is 0.964. The van der Waals surface area contributed by atoms with E-state index in [2.05, 4.69) is 16.8 Å². The maximum Gasteiger partial charge on any atom is 0.233 e. The van der Waals surface area contributed by atoms with Crippen LogP contribution in [0.15, 0.2) is 41.6 Å². The van der Waals surface area contributed by atoms with Crippen LogP contribution in [0.5, 0.6) is 11.5 Å². The number of nitrogens with zero attached hydrogens (tertiary/aromatic N) is 4. The van der Waals surface area contributed by atoms with E-state index in [1.807, 2.05) is 49.7 Å². The van der Waals surface area contributed by atoms with Crippen LogP contribution in [0.3, 0.4) is 0 Å². The summed E-state index contributed by atoms with van der Waals surface area (Å²) in [5, 5.41) is 9.14. The molecule has 2 heterocycles. The summed E-state index contributed by atoms with van der Waals surface area (Å²) in [6, 6.07) is 7.55. The van der Waals surface area contributed by atoms with E-state index in [-0.39, 0.29) is 12.0 Å². The maximum absolute atomic E-state index is 12.4. The predicted molar refractivity (Wildman–Crippen MR) is 104 cm³/mol. The van der Waals surface area contributed by atoms with Crippen molar-refractivity contribution in [3.8, 4) is 11.5 Å². The average molecular weight is 388 g/mol. The quantitative estimate of drug-likeness (QED) is 0.537. The SMILES string of the molecule is C=C(C)CN(CC)C(=O)CSc1nnc([C@@H]2COc3ccccc3O2)n1C. The molecule has 1 aliphatic rings. The average Bonchev–Trinajstić information content (AvgIpc) is 3.04. The van der Waals surface area contributed by atoms with Crippen molar-refractivity contribution in [2.45, 2.75) is 25.1 Å². The second-order valence-electron chi connectivity index (χ2n) is 6.42. The van der Waals surface area contributed by atoms with Gasteiger partial charge in [-0.15, -0.1) is 10.2 Å². The van der Waals surface area contributed by atoms with Crippen molar-refractivity contribution in [1.29, 1.82) is 0 Å². The summed E-state index contributed by atoms with van der Waals surface area (Å²) >= 11 is 1.37. The molecule has 1 aromatic carbocycles. The van der Waals surface area contributed by atoms with Crippen LogP contribution in [-0.4, -0.2) is 51.0 Å². The van der Waals surface area contributed by atoms with E-state index in [0.717, 1.165) is 11.3 Å². The van der Waals surface area contributed by atoms with Gasteiger partial charge in [0.05, 0.1) is 5.75 Å². The lowest BCUT2D eigenvalue weighted by atomic mass is 10.2. The Balaban J connectivity index is 1.64. The van der Waals surface area contributed by atoms with Gasteiger partial charge >= 0.3 is 0 Å². The van der Waals surface area contributed by atoms with Gasteiger partial charge in [0.25, 0.3) is 0 Å². The van der Waals surface area contributed by atoms with Gasteiger partial charge in [-0.1, -0.05) is 36.0 Å². The molecule has 0 radical (unpaired) electrons. The van der Waals surface area contributed by atoms with Gasteiger partial charge in [0.15, 0.2) is 28.6 Å². The van der Waals surface area contributed by atoms with Crippen LogP contribution in [0, 0.1) is 0 Å². The summed E-state index contributed by atoms with van der Waals surface area (Å²) in [4.78, 5) is 14.2. The Kier molecular flexibility index (Phi) is 6.05. The van der Waals surface area contributed by atoms with Crippen molar-refractivity contribution >= 4 is 17.7 Å². The second-order valence-corrected chi connectivity index (χ2v) is 7.36. The Morgan fingerprint density at radius 2 is 2.11 bits per heavy atom. The van der Waals surface area contributed by atoms with Crippen LogP contribution in [0.25, 0.3) is 0 Å². The number of ether oxygens (including phenoxy) is 2. The topological polar surface area (TPSA) is 69.5 Å². The van der Waals surface area contributed by atoms with Gasteiger partial charge in [-0.3, -0.25) is 4.79 Å². The summed E-state index contributed by atoms with van der Waals surface area (Å²) in [6.07, 6.45) is -0.335. The minimum Gasteiger partial charge on any atom is -0.485 e. The second kappa shape index (κ2) is 8.47. The van der Waals surface area contributed by atoms with E-state index >= 15 is 0 Å². The molecule has 1 atom stereocenters. The van der Waals surface area contributed by atoms with Crippen molar-refractivity contribution in [2.75, 3.05) is 25.4 Å². The van der Waals surface area contributed by atoms with Gasteiger partial charge < -0.3 is 18.9 Å². The Bertz CT molecular complexity index is 836. The van der Waals surface area contributed by atoms with Gasteiger partial charge in [-0.25, -0.2) is 0 Å². The highest BCUT2D eigenvalue weighted by Gasteiger charge is 2.27. The molecule has 0 N–H and O–H groups in total.